The lowest BCUT2D eigenvalue weighted by Crippen LogP contribution is -2.65. The molecule has 0 bridgehead atoms. The lowest BCUT2D eigenvalue weighted by Gasteiger charge is -2.49. The van der Waals surface area contributed by atoms with Crippen molar-refractivity contribution in [2.24, 2.45) is 11.7 Å². The van der Waals surface area contributed by atoms with E-state index in [-0.39, 0.29) is 5.91 Å². The van der Waals surface area contributed by atoms with E-state index in [0.717, 1.165) is 25.9 Å². The molecular formula is C15H27N3O. The molecule has 0 spiro atoms. The molecule has 2 saturated heterocycles. The number of rotatable bonds is 2. The highest BCUT2D eigenvalue weighted by molar-refractivity contribution is 5.87. The molecule has 0 aromatic carbocycles. The van der Waals surface area contributed by atoms with E-state index in [1.54, 1.807) is 0 Å². The predicted molar refractivity (Wildman–Crippen MR) is 75.7 cm³/mol. The van der Waals surface area contributed by atoms with Crippen molar-refractivity contribution in [1.82, 2.24) is 9.80 Å². The molecule has 0 aromatic rings. The SMILES string of the molecule is CC1CN2CCCCC2CN1C(=O)C(C)(N)C1CC1. The molecule has 3 atom stereocenters. The maximum atomic E-state index is 12.8. The Hall–Kier alpha value is -0.610. The van der Waals surface area contributed by atoms with Gasteiger partial charge >= 0.3 is 0 Å². The highest BCUT2D eigenvalue weighted by atomic mass is 16.2. The Kier molecular flexibility index (Phi) is 3.34. The summed E-state index contributed by atoms with van der Waals surface area (Å²) in [5.41, 5.74) is 5.69. The van der Waals surface area contributed by atoms with Gasteiger partial charge in [-0.2, -0.15) is 0 Å². The van der Waals surface area contributed by atoms with E-state index >= 15 is 0 Å². The molecular weight excluding hydrogens is 238 g/mol. The Morgan fingerprint density at radius 3 is 2.63 bits per heavy atom. The fourth-order valence-corrected chi connectivity index (χ4v) is 3.80. The number of nitrogens with two attached hydrogens (primary N) is 1. The van der Waals surface area contributed by atoms with Crippen LogP contribution in [0.25, 0.3) is 0 Å². The number of carbonyl (C=O) groups excluding carboxylic acids is 1. The van der Waals surface area contributed by atoms with Gasteiger partial charge in [0.05, 0.1) is 5.54 Å². The summed E-state index contributed by atoms with van der Waals surface area (Å²) in [6.07, 6.45) is 6.10. The number of amides is 1. The standard InChI is InChI=1S/C15H27N3O/c1-11-9-17-8-4-3-5-13(17)10-18(11)14(19)15(2,16)12-6-7-12/h11-13H,3-10,16H2,1-2H3. The van der Waals surface area contributed by atoms with E-state index in [2.05, 4.69) is 16.7 Å². The first-order valence-corrected chi connectivity index (χ1v) is 7.84. The lowest BCUT2D eigenvalue weighted by atomic mass is 9.91. The van der Waals surface area contributed by atoms with Crippen molar-refractivity contribution in [2.45, 2.75) is 63.6 Å². The smallest absolute Gasteiger partial charge is 0.242 e. The van der Waals surface area contributed by atoms with Crippen molar-refractivity contribution in [3.05, 3.63) is 0 Å². The summed E-state index contributed by atoms with van der Waals surface area (Å²) < 4.78 is 0. The monoisotopic (exact) mass is 265 g/mol. The van der Waals surface area contributed by atoms with Gasteiger partial charge in [-0.25, -0.2) is 0 Å². The van der Waals surface area contributed by atoms with Crippen LogP contribution in [0.3, 0.4) is 0 Å². The van der Waals surface area contributed by atoms with Crippen LogP contribution in [0.15, 0.2) is 0 Å². The van der Waals surface area contributed by atoms with E-state index in [1.807, 2.05) is 6.92 Å². The van der Waals surface area contributed by atoms with Crippen molar-refractivity contribution in [3.63, 3.8) is 0 Å². The third kappa shape index (κ3) is 2.40. The van der Waals surface area contributed by atoms with Gasteiger partial charge < -0.3 is 10.6 Å². The maximum Gasteiger partial charge on any atom is 0.242 e. The van der Waals surface area contributed by atoms with Crippen LogP contribution < -0.4 is 5.73 Å². The van der Waals surface area contributed by atoms with E-state index in [0.29, 0.717) is 18.0 Å². The summed E-state index contributed by atoms with van der Waals surface area (Å²) in [4.78, 5) is 17.4. The molecule has 3 rings (SSSR count). The summed E-state index contributed by atoms with van der Waals surface area (Å²) in [6, 6.07) is 0.882. The highest BCUT2D eigenvalue weighted by Crippen LogP contribution is 2.39. The van der Waals surface area contributed by atoms with Crippen molar-refractivity contribution in [3.8, 4) is 0 Å². The van der Waals surface area contributed by atoms with Gasteiger partial charge in [0.2, 0.25) is 5.91 Å². The van der Waals surface area contributed by atoms with E-state index < -0.39 is 5.54 Å². The molecule has 4 heteroatoms. The molecule has 19 heavy (non-hydrogen) atoms. The largest absolute Gasteiger partial charge is 0.336 e. The van der Waals surface area contributed by atoms with Gasteiger partial charge in [0.25, 0.3) is 0 Å². The molecule has 1 amide bonds. The van der Waals surface area contributed by atoms with Gasteiger partial charge in [0.1, 0.15) is 0 Å². The summed E-state index contributed by atoms with van der Waals surface area (Å²) in [7, 11) is 0. The Balaban J connectivity index is 1.71. The summed E-state index contributed by atoms with van der Waals surface area (Å²) >= 11 is 0. The van der Waals surface area contributed by atoms with E-state index in [4.69, 9.17) is 5.73 Å². The summed E-state index contributed by atoms with van der Waals surface area (Å²) in [6.45, 7) is 7.23. The number of nitrogens with zero attached hydrogens (tertiary/aromatic N) is 2. The van der Waals surface area contributed by atoms with Crippen LogP contribution in [0, 0.1) is 5.92 Å². The lowest BCUT2D eigenvalue weighted by molar-refractivity contribution is -0.144. The minimum atomic E-state index is -0.634. The molecule has 0 radical (unpaired) electrons. The van der Waals surface area contributed by atoms with E-state index in [9.17, 15) is 4.79 Å². The fourth-order valence-electron chi connectivity index (χ4n) is 3.80. The van der Waals surface area contributed by atoms with Crippen LogP contribution in [-0.2, 0) is 4.79 Å². The first kappa shape index (κ1) is 13.4. The van der Waals surface area contributed by atoms with Crippen molar-refractivity contribution >= 4 is 5.91 Å². The Bertz CT molecular complexity index is 364. The molecule has 2 aliphatic heterocycles. The number of piperazine rings is 1. The normalized spacial score (nSPS) is 35.6. The van der Waals surface area contributed by atoms with Crippen LogP contribution in [0.2, 0.25) is 0 Å². The molecule has 3 fully saturated rings. The van der Waals surface area contributed by atoms with Crippen molar-refractivity contribution < 1.29 is 4.79 Å². The second kappa shape index (κ2) is 4.74. The van der Waals surface area contributed by atoms with Crippen molar-refractivity contribution in [2.75, 3.05) is 19.6 Å². The van der Waals surface area contributed by atoms with Gasteiger partial charge in [0, 0.05) is 25.2 Å². The molecule has 3 aliphatic rings. The van der Waals surface area contributed by atoms with Gasteiger partial charge in [0.15, 0.2) is 0 Å². The van der Waals surface area contributed by atoms with Crippen LogP contribution in [0.5, 0.6) is 0 Å². The average Bonchev–Trinajstić information content (AvgIpc) is 3.21. The molecule has 1 saturated carbocycles. The van der Waals surface area contributed by atoms with Gasteiger partial charge in [-0.05, 0) is 52.0 Å². The first-order chi connectivity index (χ1) is 9.00. The van der Waals surface area contributed by atoms with Gasteiger partial charge in [-0.15, -0.1) is 0 Å². The zero-order valence-electron chi connectivity index (χ0n) is 12.3. The summed E-state index contributed by atoms with van der Waals surface area (Å²) in [5, 5.41) is 0. The number of piperidine rings is 1. The highest BCUT2D eigenvalue weighted by Gasteiger charge is 2.48. The average molecular weight is 265 g/mol. The summed E-state index contributed by atoms with van der Waals surface area (Å²) in [5.74, 6) is 0.601. The third-order valence-electron chi connectivity index (χ3n) is 5.33. The van der Waals surface area contributed by atoms with Crippen LogP contribution in [0.4, 0.5) is 0 Å². The molecule has 0 aromatic heterocycles. The van der Waals surface area contributed by atoms with Crippen molar-refractivity contribution in [1.29, 1.82) is 0 Å². The third-order valence-corrected chi connectivity index (χ3v) is 5.33. The molecule has 4 nitrogen and oxygen atoms in total. The van der Waals surface area contributed by atoms with Crippen LogP contribution in [0.1, 0.15) is 46.0 Å². The Morgan fingerprint density at radius 1 is 1.21 bits per heavy atom. The van der Waals surface area contributed by atoms with Crippen LogP contribution in [-0.4, -0.2) is 53.0 Å². The zero-order valence-corrected chi connectivity index (χ0v) is 12.3. The maximum absolute atomic E-state index is 12.8. The predicted octanol–water partition coefficient (Wildman–Crippen LogP) is 1.20. The van der Waals surface area contributed by atoms with E-state index in [1.165, 1.54) is 25.8 Å². The number of carbonyl (C=O) groups is 1. The van der Waals surface area contributed by atoms with Gasteiger partial charge in [-0.3, -0.25) is 9.69 Å². The molecule has 2 heterocycles. The second-order valence-electron chi connectivity index (χ2n) is 7.01. The van der Waals surface area contributed by atoms with Gasteiger partial charge in [-0.1, -0.05) is 6.42 Å². The first-order valence-electron chi connectivity index (χ1n) is 7.84. The Morgan fingerprint density at radius 2 is 1.95 bits per heavy atom. The zero-order chi connectivity index (χ0) is 13.6. The molecule has 108 valence electrons. The van der Waals surface area contributed by atoms with Crippen LogP contribution >= 0.6 is 0 Å². The number of hydrogen-bond acceptors (Lipinski definition) is 3. The molecule has 2 N–H and O–H groups in total. The fraction of sp³-hybridized carbons (Fsp3) is 0.933. The minimum absolute atomic E-state index is 0.188. The Labute approximate surface area is 116 Å². The number of fused-ring (bicyclic) bond motifs is 1. The molecule has 1 aliphatic carbocycles. The topological polar surface area (TPSA) is 49.6 Å². The number of hydrogen-bond donors (Lipinski definition) is 1. The second-order valence-corrected chi connectivity index (χ2v) is 7.01. The quantitative estimate of drug-likeness (QED) is 0.816. The minimum Gasteiger partial charge on any atom is -0.336 e. The molecule has 3 unspecified atom stereocenters.